The lowest BCUT2D eigenvalue weighted by Gasteiger charge is -2.36. The van der Waals surface area contributed by atoms with Gasteiger partial charge in [-0.2, -0.15) is 0 Å². The quantitative estimate of drug-likeness (QED) is 0.774. The Hall–Kier alpha value is -0.160. The molecule has 2 heterocycles. The Morgan fingerprint density at radius 3 is 1.85 bits per heavy atom. The molecule has 3 fully saturated rings. The smallest absolute Gasteiger partial charge is 0.0594 e. The fourth-order valence-corrected chi connectivity index (χ4v) is 3.31. The Balaban J connectivity index is 0.000000160. The van der Waals surface area contributed by atoms with Gasteiger partial charge in [-0.25, -0.2) is 0 Å². The molecule has 0 aromatic rings. The lowest BCUT2D eigenvalue weighted by Crippen LogP contribution is -2.44. The molecule has 0 aromatic carbocycles. The molecule has 3 aliphatic rings. The number of nitrogens with zero attached hydrogens (tertiary/aromatic N) is 2. The van der Waals surface area contributed by atoms with Gasteiger partial charge in [-0.3, -0.25) is 9.80 Å². The van der Waals surface area contributed by atoms with Crippen molar-refractivity contribution in [2.24, 2.45) is 0 Å². The van der Waals surface area contributed by atoms with Crippen molar-refractivity contribution in [3.8, 4) is 0 Å². The number of morpholine rings is 2. The molecular weight excluding hydrogens is 252 g/mol. The van der Waals surface area contributed by atoms with Crippen LogP contribution in [0.5, 0.6) is 0 Å². The molecule has 0 amide bonds. The zero-order valence-corrected chi connectivity index (χ0v) is 13.2. The second-order valence-electron chi connectivity index (χ2n) is 5.99. The first-order valence-corrected chi connectivity index (χ1v) is 8.52. The summed E-state index contributed by atoms with van der Waals surface area (Å²) >= 11 is 0. The van der Waals surface area contributed by atoms with Gasteiger partial charge in [-0.05, 0) is 19.4 Å². The average molecular weight is 284 g/mol. The summed E-state index contributed by atoms with van der Waals surface area (Å²) in [6.07, 6.45) is 7.21. The summed E-state index contributed by atoms with van der Waals surface area (Å²) < 4.78 is 10.5. The number of rotatable bonds is 2. The van der Waals surface area contributed by atoms with Crippen LogP contribution in [0.4, 0.5) is 0 Å². The first-order chi connectivity index (χ1) is 9.90. The Bertz CT molecular complexity index is 217. The fourth-order valence-electron chi connectivity index (χ4n) is 3.31. The maximum Gasteiger partial charge on any atom is 0.0594 e. The van der Waals surface area contributed by atoms with Crippen molar-refractivity contribution in [2.45, 2.75) is 45.1 Å². The van der Waals surface area contributed by atoms with Crippen LogP contribution in [0.15, 0.2) is 0 Å². The van der Waals surface area contributed by atoms with E-state index in [1.807, 2.05) is 0 Å². The van der Waals surface area contributed by atoms with E-state index in [2.05, 4.69) is 16.7 Å². The van der Waals surface area contributed by atoms with E-state index in [1.54, 1.807) is 0 Å². The summed E-state index contributed by atoms with van der Waals surface area (Å²) in [6, 6.07) is 0.891. The van der Waals surface area contributed by atoms with E-state index in [0.717, 1.165) is 45.6 Å². The molecule has 0 unspecified atom stereocenters. The van der Waals surface area contributed by atoms with Crippen molar-refractivity contribution < 1.29 is 9.47 Å². The molecule has 0 N–H and O–H groups in total. The first-order valence-electron chi connectivity index (χ1n) is 8.52. The summed E-state index contributed by atoms with van der Waals surface area (Å²) in [5, 5.41) is 0. The standard InChI is InChI=1S/C10H19NO.C6H13NO/c1-2-4-10(5-3-1)11-6-8-12-9-7-11;1-2-7-3-5-8-6-4-7/h10H,1-9H2;2-6H2,1H3. The van der Waals surface area contributed by atoms with E-state index < -0.39 is 0 Å². The first kappa shape index (κ1) is 16.2. The predicted molar refractivity (Wildman–Crippen MR) is 82.2 cm³/mol. The lowest BCUT2D eigenvalue weighted by molar-refractivity contribution is 0.00858. The minimum atomic E-state index is 0.891. The largest absolute Gasteiger partial charge is 0.379 e. The molecule has 20 heavy (non-hydrogen) atoms. The normalized spacial score (nSPS) is 26.9. The number of likely N-dealkylation sites (N-methyl/N-ethyl adjacent to an activating group) is 1. The summed E-state index contributed by atoms with van der Waals surface area (Å²) in [5.41, 5.74) is 0. The summed E-state index contributed by atoms with van der Waals surface area (Å²) in [7, 11) is 0. The highest BCUT2D eigenvalue weighted by atomic mass is 16.5. The second kappa shape index (κ2) is 9.72. The van der Waals surface area contributed by atoms with E-state index in [1.165, 1.54) is 51.7 Å². The minimum absolute atomic E-state index is 0.891. The topological polar surface area (TPSA) is 24.9 Å². The van der Waals surface area contributed by atoms with Gasteiger partial charge in [0.2, 0.25) is 0 Å². The van der Waals surface area contributed by atoms with Gasteiger partial charge in [0.1, 0.15) is 0 Å². The van der Waals surface area contributed by atoms with Crippen molar-refractivity contribution in [1.29, 1.82) is 0 Å². The van der Waals surface area contributed by atoms with Crippen LogP contribution in [0.1, 0.15) is 39.0 Å². The van der Waals surface area contributed by atoms with E-state index in [-0.39, 0.29) is 0 Å². The maximum atomic E-state index is 5.35. The highest BCUT2D eigenvalue weighted by Gasteiger charge is 2.22. The molecule has 1 aliphatic carbocycles. The molecule has 2 saturated heterocycles. The summed E-state index contributed by atoms with van der Waals surface area (Å²) in [4.78, 5) is 5.02. The highest BCUT2D eigenvalue weighted by molar-refractivity contribution is 4.77. The average Bonchev–Trinajstić information content (AvgIpc) is 2.58. The third-order valence-corrected chi connectivity index (χ3v) is 4.69. The molecule has 3 rings (SSSR count). The molecule has 0 bridgehead atoms. The van der Waals surface area contributed by atoms with Gasteiger partial charge in [-0.15, -0.1) is 0 Å². The van der Waals surface area contributed by atoms with Gasteiger partial charge in [0, 0.05) is 32.2 Å². The van der Waals surface area contributed by atoms with Gasteiger partial charge < -0.3 is 9.47 Å². The molecule has 4 nitrogen and oxygen atoms in total. The molecule has 0 radical (unpaired) electrons. The molecule has 4 heteroatoms. The van der Waals surface area contributed by atoms with Gasteiger partial charge in [0.25, 0.3) is 0 Å². The van der Waals surface area contributed by atoms with Crippen LogP contribution in [-0.2, 0) is 9.47 Å². The zero-order valence-electron chi connectivity index (χ0n) is 13.2. The zero-order chi connectivity index (χ0) is 14.0. The third kappa shape index (κ3) is 5.68. The maximum absolute atomic E-state index is 5.35. The third-order valence-electron chi connectivity index (χ3n) is 4.69. The number of ether oxygens (including phenoxy) is 2. The Kier molecular flexibility index (Phi) is 7.88. The second-order valence-corrected chi connectivity index (χ2v) is 5.99. The molecular formula is C16H32N2O2. The van der Waals surface area contributed by atoms with Gasteiger partial charge >= 0.3 is 0 Å². The van der Waals surface area contributed by atoms with Crippen molar-refractivity contribution in [1.82, 2.24) is 9.80 Å². The van der Waals surface area contributed by atoms with E-state index in [4.69, 9.17) is 9.47 Å². The van der Waals surface area contributed by atoms with Gasteiger partial charge in [-0.1, -0.05) is 26.2 Å². The Labute approximate surface area is 124 Å². The van der Waals surface area contributed by atoms with Crippen molar-refractivity contribution >= 4 is 0 Å². The predicted octanol–water partition coefficient (Wildman–Crippen LogP) is 1.99. The van der Waals surface area contributed by atoms with E-state index in [0.29, 0.717) is 0 Å². The van der Waals surface area contributed by atoms with Crippen LogP contribution in [0.3, 0.4) is 0 Å². The number of hydrogen-bond acceptors (Lipinski definition) is 4. The van der Waals surface area contributed by atoms with Crippen LogP contribution < -0.4 is 0 Å². The molecule has 1 saturated carbocycles. The number of hydrogen-bond donors (Lipinski definition) is 0. The van der Waals surface area contributed by atoms with E-state index in [9.17, 15) is 0 Å². The van der Waals surface area contributed by atoms with Crippen LogP contribution in [0, 0.1) is 0 Å². The van der Waals surface area contributed by atoms with Crippen LogP contribution in [0.2, 0.25) is 0 Å². The van der Waals surface area contributed by atoms with Crippen LogP contribution in [-0.4, -0.2) is 75.0 Å². The SMILES string of the molecule is C1CCC(N2CCOCC2)CC1.CCN1CCOCC1. The van der Waals surface area contributed by atoms with Crippen molar-refractivity contribution in [3.05, 3.63) is 0 Å². The monoisotopic (exact) mass is 284 g/mol. The van der Waals surface area contributed by atoms with Gasteiger partial charge in [0.05, 0.1) is 26.4 Å². The van der Waals surface area contributed by atoms with Crippen LogP contribution in [0.25, 0.3) is 0 Å². The van der Waals surface area contributed by atoms with Gasteiger partial charge in [0.15, 0.2) is 0 Å². The summed E-state index contributed by atoms with van der Waals surface area (Å²) in [5.74, 6) is 0. The van der Waals surface area contributed by atoms with Crippen LogP contribution >= 0.6 is 0 Å². The molecule has 0 aromatic heterocycles. The lowest BCUT2D eigenvalue weighted by atomic mass is 9.94. The molecule has 2 aliphatic heterocycles. The Morgan fingerprint density at radius 2 is 1.35 bits per heavy atom. The Morgan fingerprint density at radius 1 is 0.800 bits per heavy atom. The highest BCUT2D eigenvalue weighted by Crippen LogP contribution is 2.22. The van der Waals surface area contributed by atoms with Crippen molar-refractivity contribution in [2.75, 3.05) is 59.2 Å². The fraction of sp³-hybridized carbons (Fsp3) is 1.00. The molecule has 0 atom stereocenters. The van der Waals surface area contributed by atoms with Crippen molar-refractivity contribution in [3.63, 3.8) is 0 Å². The minimum Gasteiger partial charge on any atom is -0.379 e. The summed E-state index contributed by atoms with van der Waals surface area (Å²) in [6.45, 7) is 11.7. The molecule has 118 valence electrons. The molecule has 0 spiro atoms. The van der Waals surface area contributed by atoms with E-state index >= 15 is 0 Å².